The monoisotopic (exact) mass is 473 g/mol. The van der Waals surface area contributed by atoms with Crippen molar-refractivity contribution in [3.63, 3.8) is 0 Å². The van der Waals surface area contributed by atoms with Crippen molar-refractivity contribution in [2.45, 2.75) is 18.1 Å². The summed E-state index contributed by atoms with van der Waals surface area (Å²) in [4.78, 5) is 15.0. The molecule has 170 valence electrons. The van der Waals surface area contributed by atoms with E-state index in [-0.39, 0.29) is 18.7 Å². The summed E-state index contributed by atoms with van der Waals surface area (Å²) in [7, 11) is 1.38. The number of benzene rings is 2. The van der Waals surface area contributed by atoms with Gasteiger partial charge in [0.05, 0.1) is 5.69 Å². The Morgan fingerprint density at radius 2 is 1.69 bits per heavy atom. The number of aromatic nitrogens is 1. The van der Waals surface area contributed by atoms with Gasteiger partial charge in [-0.1, -0.05) is 41.9 Å². The minimum atomic E-state index is -4.02. The molecule has 1 atom stereocenters. The molecule has 0 spiro atoms. The molecule has 0 amide bonds. The van der Waals surface area contributed by atoms with Gasteiger partial charge in [0.25, 0.3) is 0 Å². The van der Waals surface area contributed by atoms with E-state index < -0.39 is 14.8 Å². The third-order valence-electron chi connectivity index (χ3n) is 5.73. The number of ketones is 1. The lowest BCUT2D eigenvalue weighted by atomic mass is 9.92. The van der Waals surface area contributed by atoms with Crippen molar-refractivity contribution in [2.24, 2.45) is 12.2 Å². The molecule has 0 bridgehead atoms. The Hall–Kier alpha value is -2.45. The van der Waals surface area contributed by atoms with Crippen LogP contribution in [0.25, 0.3) is 0 Å². The van der Waals surface area contributed by atoms with Crippen LogP contribution in [0.2, 0.25) is 5.02 Å². The summed E-state index contributed by atoms with van der Waals surface area (Å²) >= 11 is 5.95. The number of hydrogen-bond acceptors (Lipinski definition) is 4. The fourth-order valence-electron chi connectivity index (χ4n) is 4.21. The highest BCUT2D eigenvalue weighted by molar-refractivity contribution is 7.90. The number of nitrogens with two attached hydrogens (primary N) is 1. The minimum absolute atomic E-state index is 0.124. The number of nitrogens with zero attached hydrogens (tertiary/aromatic N) is 2. The highest BCUT2D eigenvalue weighted by Crippen LogP contribution is 2.35. The van der Waals surface area contributed by atoms with E-state index in [4.69, 9.17) is 16.7 Å². The summed E-state index contributed by atoms with van der Waals surface area (Å²) in [5, 5.41) is 6.41. The van der Waals surface area contributed by atoms with Crippen molar-refractivity contribution in [1.29, 1.82) is 0 Å². The summed E-state index contributed by atoms with van der Waals surface area (Å²) in [6.07, 6.45) is 0.124. The van der Waals surface area contributed by atoms with Gasteiger partial charge in [0.2, 0.25) is 15.8 Å². The fourth-order valence-corrected chi connectivity index (χ4v) is 5.59. The normalized spacial score (nSPS) is 13.8. The lowest BCUT2D eigenvalue weighted by Gasteiger charge is -2.34. The van der Waals surface area contributed by atoms with Crippen LogP contribution in [0.15, 0.2) is 60.7 Å². The van der Waals surface area contributed by atoms with Crippen LogP contribution in [0.5, 0.6) is 0 Å². The summed E-state index contributed by atoms with van der Waals surface area (Å²) in [5.41, 5.74) is 3.10. The van der Waals surface area contributed by atoms with Gasteiger partial charge in [-0.15, -0.1) is 0 Å². The largest absolute Gasteiger partial charge is 0.345 e. The number of rotatable bonds is 8. The van der Waals surface area contributed by atoms with Crippen LogP contribution < -0.4 is 5.14 Å². The van der Waals surface area contributed by atoms with Gasteiger partial charge in [0, 0.05) is 36.3 Å². The van der Waals surface area contributed by atoms with Crippen molar-refractivity contribution in [2.75, 3.05) is 20.6 Å². The highest BCUT2D eigenvalue weighted by atomic mass is 35.5. The van der Waals surface area contributed by atoms with Gasteiger partial charge in [-0.2, -0.15) is 0 Å². The Morgan fingerprint density at radius 3 is 2.22 bits per heavy atom. The molecule has 0 radical (unpaired) electrons. The first-order valence-electron chi connectivity index (χ1n) is 10.1. The average Bonchev–Trinajstić information content (AvgIpc) is 2.99. The summed E-state index contributed by atoms with van der Waals surface area (Å²) in [5.74, 6) is -0.151. The first-order valence-corrected chi connectivity index (χ1v) is 12.1. The first kappa shape index (κ1) is 24.2. The predicted molar refractivity (Wildman–Crippen MR) is 129 cm³/mol. The number of likely N-dealkylation sites (N-methyl/N-ethyl adjacent to an activating group) is 1. The predicted octanol–water partition coefficient (Wildman–Crippen LogP) is 3.51. The maximum Gasteiger partial charge on any atom is 0.220 e. The molecule has 2 N–H and O–H groups in total. The number of carbonyl (C=O) groups excluding carboxylic acids is 1. The standard InChI is InChI=1S/C24H28ClN3O3S/c1-17-14-21(28(4)22(17)23(29)18-10-12-20(25)13-11-18)15-24(16-27(2)3,32(26,30)31)19-8-6-5-7-9-19/h5-14H,15-16H2,1-4H3,(H2,26,30,31). The van der Waals surface area contributed by atoms with E-state index in [9.17, 15) is 13.2 Å². The quantitative estimate of drug-likeness (QED) is 0.507. The zero-order valence-electron chi connectivity index (χ0n) is 18.7. The molecular formula is C24H28ClN3O3S. The summed E-state index contributed by atoms with van der Waals surface area (Å²) < 4.78 is 26.5. The Labute approximate surface area is 194 Å². The van der Waals surface area contributed by atoms with Crippen LogP contribution in [0.3, 0.4) is 0 Å². The Balaban J connectivity index is 2.13. The second-order valence-electron chi connectivity index (χ2n) is 8.38. The number of hydrogen-bond donors (Lipinski definition) is 1. The van der Waals surface area contributed by atoms with Crippen LogP contribution in [-0.4, -0.2) is 44.3 Å². The number of carbonyl (C=O) groups is 1. The van der Waals surface area contributed by atoms with E-state index in [1.165, 1.54) is 0 Å². The molecule has 32 heavy (non-hydrogen) atoms. The lowest BCUT2D eigenvalue weighted by Crippen LogP contribution is -2.49. The smallest absolute Gasteiger partial charge is 0.220 e. The molecule has 1 unspecified atom stereocenters. The molecule has 3 aromatic rings. The molecule has 3 rings (SSSR count). The van der Waals surface area contributed by atoms with Gasteiger partial charge in [-0.05, 0) is 62.5 Å². The topological polar surface area (TPSA) is 85.4 Å². The van der Waals surface area contributed by atoms with Crippen LogP contribution in [0.4, 0.5) is 0 Å². The molecule has 0 aliphatic rings. The Kier molecular flexibility index (Phi) is 6.95. The fraction of sp³-hybridized carbons (Fsp3) is 0.292. The maximum absolute atomic E-state index is 13.2. The molecule has 0 saturated heterocycles. The van der Waals surface area contributed by atoms with Crippen molar-refractivity contribution in [3.05, 3.63) is 93.8 Å². The Bertz CT molecular complexity index is 1220. The number of primary sulfonamides is 1. The van der Waals surface area contributed by atoms with Crippen LogP contribution >= 0.6 is 11.6 Å². The van der Waals surface area contributed by atoms with Gasteiger partial charge in [0.15, 0.2) is 0 Å². The zero-order valence-corrected chi connectivity index (χ0v) is 20.2. The SMILES string of the molecule is Cc1cc(CC(CN(C)C)(c2ccccc2)S(N)(=O)=O)n(C)c1C(=O)c1ccc(Cl)cc1. The third-order valence-corrected chi connectivity index (χ3v) is 7.58. The van der Waals surface area contributed by atoms with Crippen molar-refractivity contribution >= 4 is 27.4 Å². The molecule has 6 nitrogen and oxygen atoms in total. The molecule has 0 saturated carbocycles. The zero-order chi connectivity index (χ0) is 23.7. The molecule has 1 heterocycles. The van der Waals surface area contributed by atoms with Crippen LogP contribution in [-0.2, 0) is 28.2 Å². The van der Waals surface area contributed by atoms with Gasteiger partial charge < -0.3 is 9.47 Å². The molecule has 0 aliphatic heterocycles. The van der Waals surface area contributed by atoms with Crippen LogP contribution in [0.1, 0.15) is 32.9 Å². The van der Waals surface area contributed by atoms with E-state index in [1.807, 2.05) is 38.1 Å². The molecule has 0 aliphatic carbocycles. The average molecular weight is 474 g/mol. The van der Waals surface area contributed by atoms with E-state index in [0.29, 0.717) is 27.5 Å². The second-order valence-corrected chi connectivity index (χ2v) is 10.7. The summed E-state index contributed by atoms with van der Waals surface area (Å²) in [6.45, 7) is 2.04. The van der Waals surface area contributed by atoms with Gasteiger partial charge in [-0.3, -0.25) is 4.79 Å². The maximum atomic E-state index is 13.2. The minimum Gasteiger partial charge on any atom is -0.345 e. The van der Waals surface area contributed by atoms with E-state index >= 15 is 0 Å². The highest BCUT2D eigenvalue weighted by Gasteiger charge is 2.45. The number of sulfonamides is 1. The molecular weight excluding hydrogens is 446 g/mol. The van der Waals surface area contributed by atoms with Crippen LogP contribution in [0, 0.1) is 6.92 Å². The molecule has 2 aromatic carbocycles. The van der Waals surface area contributed by atoms with Gasteiger partial charge >= 0.3 is 0 Å². The molecule has 8 heteroatoms. The van der Waals surface area contributed by atoms with Crippen molar-refractivity contribution in [3.8, 4) is 0 Å². The number of halogens is 1. The number of aryl methyl sites for hydroxylation is 1. The van der Waals surface area contributed by atoms with E-state index in [2.05, 4.69) is 0 Å². The van der Waals surface area contributed by atoms with Crippen molar-refractivity contribution in [1.82, 2.24) is 9.47 Å². The Morgan fingerprint density at radius 1 is 1.09 bits per heavy atom. The first-order chi connectivity index (χ1) is 15.0. The van der Waals surface area contributed by atoms with Crippen molar-refractivity contribution < 1.29 is 13.2 Å². The lowest BCUT2D eigenvalue weighted by molar-refractivity contribution is 0.103. The molecule has 0 fully saturated rings. The second kappa shape index (κ2) is 9.19. The van der Waals surface area contributed by atoms with Gasteiger partial charge in [0.1, 0.15) is 4.75 Å². The summed E-state index contributed by atoms with van der Waals surface area (Å²) in [6, 6.07) is 17.6. The van der Waals surface area contributed by atoms with E-state index in [0.717, 1.165) is 5.56 Å². The third kappa shape index (κ3) is 4.66. The molecule has 1 aromatic heterocycles. The van der Waals surface area contributed by atoms with E-state index in [1.54, 1.807) is 60.1 Å². The van der Waals surface area contributed by atoms with Gasteiger partial charge in [-0.25, -0.2) is 13.6 Å².